The smallest absolute Gasteiger partial charge is 0.416 e. The van der Waals surface area contributed by atoms with Crippen LogP contribution >= 0.6 is 0 Å². The molecule has 1 heterocycles. The van der Waals surface area contributed by atoms with Crippen LogP contribution in [0.15, 0.2) is 73.5 Å². The van der Waals surface area contributed by atoms with Gasteiger partial charge in [0.2, 0.25) is 0 Å². The Morgan fingerprint density at radius 2 is 1.89 bits per heavy atom. The van der Waals surface area contributed by atoms with Gasteiger partial charge in [-0.05, 0) is 59.3 Å². The maximum absolute atomic E-state index is 13.1. The van der Waals surface area contributed by atoms with Crippen LogP contribution in [0.4, 0.5) is 13.2 Å². The number of carboxylic acid groups (broad SMARTS) is 1. The first-order chi connectivity index (χ1) is 18.2. The number of benzene rings is 2. The number of hydrogen-bond acceptors (Lipinski definition) is 4. The number of nitrogens with zero attached hydrogens (tertiary/aromatic N) is 2. The van der Waals surface area contributed by atoms with Gasteiger partial charge in [0, 0.05) is 5.92 Å². The average Bonchev–Trinajstić information content (AvgIpc) is 2.91. The Bertz CT molecular complexity index is 1360. The number of halogens is 3. The van der Waals surface area contributed by atoms with Crippen molar-refractivity contribution >= 4 is 11.5 Å². The lowest BCUT2D eigenvalue weighted by Crippen LogP contribution is -2.43. The third kappa shape index (κ3) is 6.13. The lowest BCUT2D eigenvalue weighted by molar-refractivity contribution is -0.685. The van der Waals surface area contributed by atoms with Crippen LogP contribution < -0.4 is 14.4 Å². The van der Waals surface area contributed by atoms with Crippen LogP contribution in [-0.2, 0) is 24.6 Å². The number of carbonyl (C=O) groups is 1. The van der Waals surface area contributed by atoms with E-state index in [4.69, 9.17) is 4.74 Å². The van der Waals surface area contributed by atoms with Crippen LogP contribution in [0.25, 0.3) is 16.7 Å². The van der Waals surface area contributed by atoms with Crippen molar-refractivity contribution in [2.45, 2.75) is 50.8 Å². The maximum Gasteiger partial charge on any atom is 0.416 e. The Morgan fingerprint density at radius 3 is 2.58 bits per heavy atom. The zero-order chi connectivity index (χ0) is 27.3. The number of carbonyl (C=O) groups excluding carboxylic acids is 1. The monoisotopic (exact) mass is 522 g/mol. The normalized spacial score (nSPS) is 14.8. The molecule has 198 valence electrons. The van der Waals surface area contributed by atoms with Crippen LogP contribution in [0.3, 0.4) is 0 Å². The minimum Gasteiger partial charge on any atom is -0.544 e. The van der Waals surface area contributed by atoms with Gasteiger partial charge in [-0.3, -0.25) is 0 Å². The first-order valence-corrected chi connectivity index (χ1v) is 12.5. The van der Waals surface area contributed by atoms with E-state index in [1.54, 1.807) is 18.3 Å². The van der Waals surface area contributed by atoms with Gasteiger partial charge in [0.15, 0.2) is 6.20 Å². The molecule has 0 N–H and O–H groups in total. The Balaban J connectivity index is 1.70. The number of rotatable bonds is 8. The zero-order valence-corrected chi connectivity index (χ0v) is 21.1. The third-order valence-electron chi connectivity index (χ3n) is 6.81. The molecule has 1 aliphatic rings. The number of ether oxygens (including phenoxy) is 1. The molecule has 2 aromatic carbocycles. The molecule has 0 atom stereocenters. The van der Waals surface area contributed by atoms with Crippen molar-refractivity contribution in [1.82, 2.24) is 4.98 Å². The van der Waals surface area contributed by atoms with E-state index in [1.165, 1.54) is 18.2 Å². The van der Waals surface area contributed by atoms with E-state index in [-0.39, 0.29) is 23.9 Å². The van der Waals surface area contributed by atoms with E-state index < -0.39 is 17.7 Å². The zero-order valence-electron chi connectivity index (χ0n) is 21.1. The van der Waals surface area contributed by atoms with Crippen molar-refractivity contribution in [3.05, 3.63) is 96.1 Å². The molecule has 0 aliphatic heterocycles. The molecule has 0 radical (unpaired) electrons. The predicted octanol–water partition coefficient (Wildman–Crippen LogP) is 5.54. The highest BCUT2D eigenvalue weighted by Crippen LogP contribution is 2.37. The second kappa shape index (κ2) is 11.6. The highest BCUT2D eigenvalue weighted by Gasteiger charge is 2.31. The van der Waals surface area contributed by atoms with Crippen LogP contribution in [0.1, 0.15) is 60.7 Å². The fourth-order valence-electron chi connectivity index (χ4n) is 5.02. The molecule has 0 unspecified atom stereocenters. The van der Waals surface area contributed by atoms with E-state index in [9.17, 15) is 23.1 Å². The highest BCUT2D eigenvalue weighted by molar-refractivity contribution is 6.12. The summed E-state index contributed by atoms with van der Waals surface area (Å²) in [4.78, 5) is 16.3. The van der Waals surface area contributed by atoms with Crippen molar-refractivity contribution in [1.29, 1.82) is 0 Å². The van der Waals surface area contributed by atoms with Crippen molar-refractivity contribution in [3.8, 4) is 16.9 Å². The molecule has 0 amide bonds. The number of allylic oxidation sites excluding steroid dienone is 2. The maximum atomic E-state index is 13.1. The van der Waals surface area contributed by atoms with E-state index in [0.717, 1.165) is 61.1 Å². The minimum absolute atomic E-state index is 0.0187. The lowest BCUT2D eigenvalue weighted by Gasteiger charge is -2.24. The van der Waals surface area contributed by atoms with E-state index in [0.29, 0.717) is 11.3 Å². The number of carboxylic acids is 1. The van der Waals surface area contributed by atoms with Gasteiger partial charge in [0.1, 0.15) is 18.1 Å². The Hall–Kier alpha value is -3.94. The van der Waals surface area contributed by atoms with Crippen molar-refractivity contribution in [2.24, 2.45) is 7.05 Å². The van der Waals surface area contributed by atoms with Gasteiger partial charge < -0.3 is 14.6 Å². The number of aromatic nitrogens is 2. The number of hydrogen-bond donors (Lipinski definition) is 0. The summed E-state index contributed by atoms with van der Waals surface area (Å²) < 4.78 is 46.9. The second-order valence-electron chi connectivity index (χ2n) is 9.39. The molecular formula is C30H29F3N2O3. The van der Waals surface area contributed by atoms with Gasteiger partial charge in [0.05, 0.1) is 29.7 Å². The van der Waals surface area contributed by atoms with E-state index in [1.807, 2.05) is 29.8 Å². The summed E-state index contributed by atoms with van der Waals surface area (Å²) in [6, 6.07) is 12.4. The van der Waals surface area contributed by atoms with Crippen molar-refractivity contribution in [2.75, 3.05) is 0 Å². The fraction of sp³-hybridized carbons (Fsp3) is 0.300. The fourth-order valence-corrected chi connectivity index (χ4v) is 5.02. The molecule has 1 aromatic heterocycles. The van der Waals surface area contributed by atoms with Gasteiger partial charge in [0.25, 0.3) is 0 Å². The van der Waals surface area contributed by atoms with Gasteiger partial charge >= 0.3 is 12.0 Å². The molecular weight excluding hydrogens is 493 g/mol. The van der Waals surface area contributed by atoms with Crippen molar-refractivity contribution in [3.63, 3.8) is 0 Å². The van der Waals surface area contributed by atoms with Gasteiger partial charge in [-0.25, -0.2) is 4.57 Å². The Kier molecular flexibility index (Phi) is 8.29. The van der Waals surface area contributed by atoms with Crippen LogP contribution in [0, 0.1) is 0 Å². The Morgan fingerprint density at radius 1 is 1.16 bits per heavy atom. The minimum atomic E-state index is -4.42. The SMILES string of the molecule is C=CC=C(C(=O)[O-])c1ncc(-c2cccc(OCc3cccc(C(F)(F)F)c3)c2)c(C2CCCCC2)[n+]1C. The topological polar surface area (TPSA) is 66.1 Å². The van der Waals surface area contributed by atoms with E-state index in [2.05, 4.69) is 11.6 Å². The second-order valence-corrected chi connectivity index (χ2v) is 9.39. The molecule has 1 fully saturated rings. The molecule has 0 bridgehead atoms. The average molecular weight is 523 g/mol. The molecule has 1 aliphatic carbocycles. The molecule has 8 heteroatoms. The van der Waals surface area contributed by atoms with Crippen LogP contribution in [-0.4, -0.2) is 11.0 Å². The van der Waals surface area contributed by atoms with Crippen molar-refractivity contribution < 1.29 is 32.4 Å². The van der Waals surface area contributed by atoms with E-state index >= 15 is 0 Å². The summed E-state index contributed by atoms with van der Waals surface area (Å²) in [7, 11) is 1.81. The molecule has 5 nitrogen and oxygen atoms in total. The van der Waals surface area contributed by atoms with Crippen LogP contribution in [0.2, 0.25) is 0 Å². The molecule has 38 heavy (non-hydrogen) atoms. The van der Waals surface area contributed by atoms with Gasteiger partial charge in [-0.15, -0.1) is 0 Å². The highest BCUT2D eigenvalue weighted by atomic mass is 19.4. The molecule has 4 rings (SSSR count). The Labute approximate surface area is 219 Å². The molecule has 0 saturated heterocycles. The molecule has 0 spiro atoms. The summed E-state index contributed by atoms with van der Waals surface area (Å²) in [5.74, 6) is -0.332. The number of aliphatic carboxylic acids is 1. The first kappa shape index (κ1) is 27.1. The first-order valence-electron chi connectivity index (χ1n) is 12.5. The van der Waals surface area contributed by atoms with Gasteiger partial charge in [-0.2, -0.15) is 13.2 Å². The third-order valence-corrected chi connectivity index (χ3v) is 6.81. The number of alkyl halides is 3. The summed E-state index contributed by atoms with van der Waals surface area (Å²) in [5.41, 5.74) is 2.29. The lowest BCUT2D eigenvalue weighted by atomic mass is 9.83. The largest absolute Gasteiger partial charge is 0.544 e. The molecule has 3 aromatic rings. The predicted molar refractivity (Wildman–Crippen MR) is 136 cm³/mol. The summed E-state index contributed by atoms with van der Waals surface area (Å²) in [5, 5.41) is 11.8. The molecule has 1 saturated carbocycles. The summed E-state index contributed by atoms with van der Waals surface area (Å²) in [6.45, 7) is 3.59. The quantitative estimate of drug-likeness (QED) is 0.221. The van der Waals surface area contributed by atoms with Crippen LogP contribution in [0.5, 0.6) is 5.75 Å². The standard InChI is InChI=1S/C30H29F3N2O3/c1-3-9-25(29(36)37)28-34-18-26(27(35(28)2)21-11-5-4-6-12-21)22-13-8-15-24(17-22)38-19-20-10-7-14-23(16-20)30(31,32)33/h3,7-10,13-18,21H,1,4-6,11-12,19H2,2H3. The summed E-state index contributed by atoms with van der Waals surface area (Å²) in [6.07, 6.45) is 5.30. The summed E-state index contributed by atoms with van der Waals surface area (Å²) >= 11 is 0. The van der Waals surface area contributed by atoms with Gasteiger partial charge in [-0.1, -0.05) is 56.2 Å².